The summed E-state index contributed by atoms with van der Waals surface area (Å²) >= 11 is 0. The van der Waals surface area contributed by atoms with E-state index in [2.05, 4.69) is 71.6 Å². The van der Waals surface area contributed by atoms with Crippen molar-refractivity contribution in [3.05, 3.63) is 89.3 Å². The first-order valence-electron chi connectivity index (χ1n) is 11.5. The Morgan fingerprint density at radius 2 is 1.74 bits per heavy atom. The molecule has 0 radical (unpaired) electrons. The molecule has 34 heavy (non-hydrogen) atoms. The average molecular weight is 457 g/mol. The molecule has 176 valence electrons. The van der Waals surface area contributed by atoms with E-state index in [9.17, 15) is 10.2 Å². The standard InChI is InChI=1S/C28H32N4O2/c1-20(2)22-6-8-23(9-7-22)28(34,26(3)17-32(5)18-26)24-14-21(15-30-16-24)10-12-27(4,33)25-11-13-29-19-31-25/h6-9,11,13-16,19-20,33-34H,17-18H2,1-5H3/t27-,28+/m1/s1. The molecule has 3 aromatic rings. The van der Waals surface area contributed by atoms with Gasteiger partial charge in [-0.3, -0.25) is 4.98 Å². The van der Waals surface area contributed by atoms with Crippen LogP contribution in [0, 0.1) is 17.3 Å². The van der Waals surface area contributed by atoms with Crippen LogP contribution >= 0.6 is 0 Å². The lowest BCUT2D eigenvalue weighted by Gasteiger charge is -2.55. The molecule has 2 N–H and O–H groups in total. The van der Waals surface area contributed by atoms with Crippen molar-refractivity contribution in [2.24, 2.45) is 5.41 Å². The van der Waals surface area contributed by atoms with Gasteiger partial charge < -0.3 is 15.1 Å². The lowest BCUT2D eigenvalue weighted by molar-refractivity contribution is -0.127. The number of pyridine rings is 1. The number of benzene rings is 1. The zero-order valence-electron chi connectivity index (χ0n) is 20.4. The average Bonchev–Trinajstić information content (AvgIpc) is 2.82. The van der Waals surface area contributed by atoms with Crippen molar-refractivity contribution in [3.63, 3.8) is 0 Å². The highest BCUT2D eigenvalue weighted by molar-refractivity contribution is 5.45. The smallest absolute Gasteiger partial charge is 0.165 e. The Bertz CT molecular complexity index is 1210. The molecule has 1 saturated heterocycles. The Kier molecular flexibility index (Phi) is 6.30. The number of likely N-dealkylation sites (tertiary alicyclic amines) is 1. The summed E-state index contributed by atoms with van der Waals surface area (Å²) in [4.78, 5) is 14.6. The summed E-state index contributed by atoms with van der Waals surface area (Å²) in [5.41, 5.74) is 0.722. The van der Waals surface area contributed by atoms with Gasteiger partial charge >= 0.3 is 0 Å². The van der Waals surface area contributed by atoms with Crippen molar-refractivity contribution in [1.29, 1.82) is 0 Å². The predicted octanol–water partition coefficient (Wildman–Crippen LogP) is 3.44. The third-order valence-electron chi connectivity index (χ3n) is 6.79. The van der Waals surface area contributed by atoms with Crippen molar-refractivity contribution in [3.8, 4) is 11.8 Å². The summed E-state index contributed by atoms with van der Waals surface area (Å²) < 4.78 is 0. The molecule has 3 heterocycles. The van der Waals surface area contributed by atoms with E-state index in [1.165, 1.54) is 11.9 Å². The lowest BCUT2D eigenvalue weighted by atomic mass is 9.62. The van der Waals surface area contributed by atoms with Gasteiger partial charge in [0.1, 0.15) is 11.9 Å². The molecular formula is C28H32N4O2. The van der Waals surface area contributed by atoms with Crippen molar-refractivity contribution in [2.75, 3.05) is 20.1 Å². The summed E-state index contributed by atoms with van der Waals surface area (Å²) in [7, 11) is 2.05. The Morgan fingerprint density at radius 3 is 2.32 bits per heavy atom. The van der Waals surface area contributed by atoms with Crippen LogP contribution in [0.5, 0.6) is 0 Å². The topological polar surface area (TPSA) is 82.4 Å². The molecule has 1 fully saturated rings. The summed E-state index contributed by atoms with van der Waals surface area (Å²) in [5.74, 6) is 6.32. The van der Waals surface area contributed by atoms with Crippen LogP contribution in [0.25, 0.3) is 0 Å². The van der Waals surface area contributed by atoms with Gasteiger partial charge in [-0.05, 0) is 43.1 Å². The van der Waals surface area contributed by atoms with E-state index in [0.717, 1.165) is 18.7 Å². The molecular weight excluding hydrogens is 424 g/mol. The van der Waals surface area contributed by atoms with E-state index in [4.69, 9.17) is 0 Å². The van der Waals surface area contributed by atoms with Crippen molar-refractivity contribution < 1.29 is 10.2 Å². The first kappa shape index (κ1) is 24.0. The van der Waals surface area contributed by atoms with Gasteiger partial charge in [-0.2, -0.15) is 0 Å². The highest BCUT2D eigenvalue weighted by Crippen LogP contribution is 2.50. The van der Waals surface area contributed by atoms with Crippen LogP contribution in [0.1, 0.15) is 61.6 Å². The van der Waals surface area contributed by atoms with Gasteiger partial charge in [0.05, 0.1) is 5.69 Å². The second-order valence-electron chi connectivity index (χ2n) is 10.1. The molecule has 1 aliphatic heterocycles. The summed E-state index contributed by atoms with van der Waals surface area (Å²) in [6, 6.07) is 11.7. The Hall–Kier alpha value is -3.11. The first-order chi connectivity index (χ1) is 16.0. The van der Waals surface area contributed by atoms with E-state index in [-0.39, 0.29) is 5.41 Å². The molecule has 0 unspecified atom stereocenters. The van der Waals surface area contributed by atoms with Crippen LogP contribution in [0.2, 0.25) is 0 Å². The van der Waals surface area contributed by atoms with Gasteiger partial charge in [0.2, 0.25) is 0 Å². The van der Waals surface area contributed by atoms with Crippen LogP contribution < -0.4 is 0 Å². The largest absolute Gasteiger partial charge is 0.380 e. The molecule has 0 amide bonds. The SMILES string of the molecule is CC(C)c1ccc([C@](O)(c2cncc(C#C[C@@](C)(O)c3ccncn3)c2)C2(C)CN(C)C2)cc1. The van der Waals surface area contributed by atoms with Crippen LogP contribution in [0.15, 0.2) is 61.3 Å². The molecule has 0 spiro atoms. The van der Waals surface area contributed by atoms with Gasteiger partial charge in [0, 0.05) is 48.2 Å². The molecule has 0 saturated carbocycles. The summed E-state index contributed by atoms with van der Waals surface area (Å²) in [5, 5.41) is 23.1. The molecule has 0 aliphatic carbocycles. The molecule has 4 rings (SSSR count). The van der Waals surface area contributed by atoms with Gasteiger partial charge in [0.15, 0.2) is 5.60 Å². The van der Waals surface area contributed by atoms with Crippen LogP contribution in [-0.2, 0) is 11.2 Å². The third-order valence-corrected chi connectivity index (χ3v) is 6.79. The number of aromatic nitrogens is 3. The number of nitrogens with zero attached hydrogens (tertiary/aromatic N) is 4. The maximum atomic E-state index is 12.3. The molecule has 2 atom stereocenters. The fourth-order valence-electron chi connectivity index (χ4n) is 4.89. The molecule has 6 nitrogen and oxygen atoms in total. The predicted molar refractivity (Wildman–Crippen MR) is 132 cm³/mol. The second-order valence-corrected chi connectivity index (χ2v) is 10.1. The van der Waals surface area contributed by atoms with E-state index in [0.29, 0.717) is 22.7 Å². The van der Waals surface area contributed by atoms with E-state index >= 15 is 0 Å². The highest BCUT2D eigenvalue weighted by Gasteiger charge is 2.55. The third kappa shape index (κ3) is 4.35. The minimum atomic E-state index is -1.44. The maximum Gasteiger partial charge on any atom is 0.165 e. The minimum Gasteiger partial charge on any atom is -0.380 e. The number of hydrogen-bond donors (Lipinski definition) is 2. The van der Waals surface area contributed by atoms with Crippen LogP contribution in [0.3, 0.4) is 0 Å². The molecule has 1 aliphatic rings. The maximum absolute atomic E-state index is 12.3. The Balaban J connectivity index is 1.75. The zero-order chi connectivity index (χ0) is 24.6. The fourth-order valence-corrected chi connectivity index (χ4v) is 4.89. The second kappa shape index (κ2) is 8.92. The van der Waals surface area contributed by atoms with Gasteiger partial charge in [-0.15, -0.1) is 0 Å². The molecule has 2 aromatic heterocycles. The normalized spacial score (nSPS) is 18.8. The van der Waals surface area contributed by atoms with Crippen molar-refractivity contribution in [2.45, 2.75) is 44.8 Å². The number of hydrogen-bond acceptors (Lipinski definition) is 6. The zero-order valence-corrected chi connectivity index (χ0v) is 20.4. The number of rotatable bonds is 5. The Labute approximate surface area is 201 Å². The Morgan fingerprint density at radius 1 is 1.03 bits per heavy atom. The van der Waals surface area contributed by atoms with E-state index < -0.39 is 11.2 Å². The van der Waals surface area contributed by atoms with Crippen molar-refractivity contribution in [1.82, 2.24) is 19.9 Å². The van der Waals surface area contributed by atoms with Crippen LogP contribution in [0.4, 0.5) is 0 Å². The van der Waals surface area contributed by atoms with E-state index in [1.54, 1.807) is 31.6 Å². The lowest BCUT2D eigenvalue weighted by Crippen LogP contribution is -2.63. The summed E-state index contributed by atoms with van der Waals surface area (Å²) in [6.07, 6.45) is 6.31. The first-order valence-corrected chi connectivity index (χ1v) is 11.5. The van der Waals surface area contributed by atoms with Gasteiger partial charge in [-0.25, -0.2) is 9.97 Å². The quantitative estimate of drug-likeness (QED) is 0.573. The van der Waals surface area contributed by atoms with Crippen LogP contribution in [-0.4, -0.2) is 50.2 Å². The molecule has 6 heteroatoms. The fraction of sp³-hybridized carbons (Fsp3) is 0.393. The molecule has 0 bridgehead atoms. The number of aliphatic hydroxyl groups is 2. The highest BCUT2D eigenvalue weighted by atomic mass is 16.3. The molecule has 1 aromatic carbocycles. The summed E-state index contributed by atoms with van der Waals surface area (Å²) in [6.45, 7) is 9.54. The minimum absolute atomic E-state index is 0.388. The van der Waals surface area contributed by atoms with Crippen molar-refractivity contribution >= 4 is 0 Å². The van der Waals surface area contributed by atoms with Gasteiger partial charge in [-0.1, -0.05) is 56.9 Å². The van der Waals surface area contributed by atoms with Gasteiger partial charge in [0.25, 0.3) is 0 Å². The monoisotopic (exact) mass is 456 g/mol. The van der Waals surface area contributed by atoms with E-state index in [1.807, 2.05) is 18.2 Å².